The number of aliphatic imine (C=N–C) groups is 1. The van der Waals surface area contributed by atoms with Crippen molar-refractivity contribution in [1.29, 1.82) is 0 Å². The normalized spacial score (nSPS) is 16.1. The molecule has 8 heteroatoms. The lowest BCUT2D eigenvalue weighted by Gasteiger charge is -2.27. The van der Waals surface area contributed by atoms with Gasteiger partial charge >= 0.3 is 0 Å². The number of thioether (sulfide) groups is 1. The zero-order chi connectivity index (χ0) is 15.9. The molecule has 0 amide bonds. The Morgan fingerprint density at radius 2 is 2.13 bits per heavy atom. The Morgan fingerprint density at radius 1 is 1.43 bits per heavy atom. The van der Waals surface area contributed by atoms with E-state index in [-0.39, 0.29) is 24.0 Å². The third-order valence-corrected chi connectivity index (χ3v) is 5.24. The van der Waals surface area contributed by atoms with Crippen LogP contribution in [0.3, 0.4) is 0 Å². The molecule has 0 aromatic carbocycles. The number of nitrogens with zero attached hydrogens (tertiary/aromatic N) is 4. The van der Waals surface area contributed by atoms with E-state index in [0.29, 0.717) is 0 Å². The van der Waals surface area contributed by atoms with E-state index in [0.717, 1.165) is 30.1 Å². The molecule has 2 heterocycles. The van der Waals surface area contributed by atoms with Crippen molar-refractivity contribution < 1.29 is 0 Å². The van der Waals surface area contributed by atoms with Crippen LogP contribution >= 0.6 is 51.7 Å². The molecule has 0 atom stereocenters. The van der Waals surface area contributed by atoms with Crippen LogP contribution in [-0.2, 0) is 13.6 Å². The predicted octanol–water partition coefficient (Wildman–Crippen LogP) is 2.46. The van der Waals surface area contributed by atoms with Crippen LogP contribution in [0.4, 0.5) is 0 Å². The fraction of sp³-hybridized carbons (Fsp3) is 0.667. The van der Waals surface area contributed by atoms with Crippen molar-refractivity contribution in [2.24, 2.45) is 12.0 Å². The monoisotopic (exact) mass is 515 g/mol. The van der Waals surface area contributed by atoms with Gasteiger partial charge in [-0.05, 0) is 22.0 Å². The summed E-state index contributed by atoms with van der Waals surface area (Å²) >= 11 is 5.57. The van der Waals surface area contributed by atoms with Crippen molar-refractivity contribution in [3.05, 3.63) is 22.4 Å². The number of halogens is 2. The van der Waals surface area contributed by atoms with Crippen molar-refractivity contribution in [3.8, 4) is 0 Å². The van der Waals surface area contributed by atoms with Crippen molar-refractivity contribution in [2.75, 3.05) is 51.8 Å². The molecule has 0 radical (unpaired) electrons. The summed E-state index contributed by atoms with van der Waals surface area (Å²) in [5.74, 6) is 3.47. The van der Waals surface area contributed by atoms with Crippen LogP contribution in [0.15, 0.2) is 21.7 Å². The Labute approximate surface area is 169 Å². The summed E-state index contributed by atoms with van der Waals surface area (Å²) < 4.78 is 3.25. The molecule has 2 rings (SSSR count). The summed E-state index contributed by atoms with van der Waals surface area (Å²) in [7, 11) is 5.99. The van der Waals surface area contributed by atoms with Crippen LogP contribution in [0.5, 0.6) is 0 Å². The molecule has 1 N–H and O–H groups in total. The molecule has 0 unspecified atom stereocenters. The van der Waals surface area contributed by atoms with Crippen molar-refractivity contribution in [1.82, 2.24) is 19.7 Å². The molecule has 23 heavy (non-hydrogen) atoms. The lowest BCUT2D eigenvalue weighted by molar-refractivity contribution is 0.305. The van der Waals surface area contributed by atoms with Gasteiger partial charge in [0.05, 0.1) is 6.54 Å². The molecular weight excluding hydrogens is 489 g/mol. The summed E-state index contributed by atoms with van der Waals surface area (Å²) in [6.07, 6.45) is 2.08. The van der Waals surface area contributed by atoms with Gasteiger partial charge in [0.2, 0.25) is 0 Å². The first-order valence-electron chi connectivity index (χ1n) is 7.63. The van der Waals surface area contributed by atoms with E-state index in [2.05, 4.69) is 78.7 Å². The molecule has 1 fully saturated rings. The van der Waals surface area contributed by atoms with Gasteiger partial charge in [0.1, 0.15) is 0 Å². The van der Waals surface area contributed by atoms with Gasteiger partial charge in [-0.25, -0.2) is 0 Å². The van der Waals surface area contributed by atoms with E-state index in [4.69, 9.17) is 0 Å². The SMILES string of the molecule is CN=C(NCCN1CCSCC1)N(C)Cc1cc(Br)cn1C.I. The van der Waals surface area contributed by atoms with Gasteiger partial charge in [-0.1, -0.05) is 0 Å². The fourth-order valence-electron chi connectivity index (χ4n) is 2.58. The number of rotatable bonds is 5. The lowest BCUT2D eigenvalue weighted by Crippen LogP contribution is -2.43. The first-order valence-corrected chi connectivity index (χ1v) is 9.57. The van der Waals surface area contributed by atoms with E-state index in [1.807, 2.05) is 7.05 Å². The van der Waals surface area contributed by atoms with E-state index < -0.39 is 0 Å². The predicted molar refractivity (Wildman–Crippen MR) is 115 cm³/mol. The summed E-state index contributed by atoms with van der Waals surface area (Å²) in [5.41, 5.74) is 1.25. The van der Waals surface area contributed by atoms with E-state index in [9.17, 15) is 0 Å². The molecule has 1 aromatic heterocycles. The minimum Gasteiger partial charge on any atom is -0.355 e. The van der Waals surface area contributed by atoms with Crippen LogP contribution in [0.2, 0.25) is 0 Å². The molecule has 132 valence electrons. The largest absolute Gasteiger partial charge is 0.355 e. The van der Waals surface area contributed by atoms with Gasteiger partial charge in [0, 0.05) is 75.2 Å². The fourth-order valence-corrected chi connectivity index (χ4v) is 4.13. The Morgan fingerprint density at radius 3 is 2.70 bits per heavy atom. The Bertz CT molecular complexity index is 502. The summed E-state index contributed by atoms with van der Waals surface area (Å²) in [6, 6.07) is 2.15. The number of guanidine groups is 1. The molecule has 0 spiro atoms. The standard InChI is InChI=1S/C15H26BrN5S.HI/c1-17-15(18-4-5-21-6-8-22-9-7-21)20(3)12-14-10-13(16)11-19(14)2;/h10-11H,4-9,12H2,1-3H3,(H,17,18);1H. The topological polar surface area (TPSA) is 35.8 Å². The minimum absolute atomic E-state index is 0. The molecule has 0 saturated carbocycles. The molecule has 5 nitrogen and oxygen atoms in total. The maximum absolute atomic E-state index is 4.39. The van der Waals surface area contributed by atoms with E-state index >= 15 is 0 Å². The van der Waals surface area contributed by atoms with Gasteiger partial charge in [-0.15, -0.1) is 24.0 Å². The van der Waals surface area contributed by atoms with Crippen molar-refractivity contribution >= 4 is 57.6 Å². The molecule has 1 aliphatic heterocycles. The highest BCUT2D eigenvalue weighted by Gasteiger charge is 2.12. The summed E-state index contributed by atoms with van der Waals surface area (Å²) in [6.45, 7) is 5.28. The average molecular weight is 516 g/mol. The van der Waals surface area contributed by atoms with Crippen LogP contribution in [0, 0.1) is 0 Å². The van der Waals surface area contributed by atoms with Gasteiger partial charge < -0.3 is 14.8 Å². The van der Waals surface area contributed by atoms with Crippen LogP contribution in [0.1, 0.15) is 5.69 Å². The lowest BCUT2D eigenvalue weighted by atomic mass is 10.4. The zero-order valence-electron chi connectivity index (χ0n) is 14.1. The second kappa shape index (κ2) is 10.8. The number of nitrogens with one attached hydrogen (secondary N) is 1. The minimum atomic E-state index is 0. The van der Waals surface area contributed by atoms with Gasteiger partial charge in [-0.3, -0.25) is 9.89 Å². The number of aryl methyl sites for hydroxylation is 1. The molecule has 1 aliphatic rings. The Balaban J connectivity index is 0.00000264. The Hall–Kier alpha value is 0.0700. The third-order valence-electron chi connectivity index (χ3n) is 3.86. The highest BCUT2D eigenvalue weighted by molar-refractivity contribution is 14.0. The molecule has 0 bridgehead atoms. The quantitative estimate of drug-likeness (QED) is 0.371. The number of hydrogen-bond acceptors (Lipinski definition) is 3. The highest BCUT2D eigenvalue weighted by Crippen LogP contribution is 2.15. The van der Waals surface area contributed by atoms with Crippen LogP contribution in [0.25, 0.3) is 0 Å². The first-order chi connectivity index (χ1) is 10.6. The third kappa shape index (κ3) is 6.83. The van der Waals surface area contributed by atoms with Crippen LogP contribution < -0.4 is 5.32 Å². The highest BCUT2D eigenvalue weighted by atomic mass is 127. The number of aromatic nitrogens is 1. The van der Waals surface area contributed by atoms with Crippen molar-refractivity contribution in [3.63, 3.8) is 0 Å². The second-order valence-corrected chi connectivity index (χ2v) is 7.69. The molecular formula is C15H27BrIN5S. The van der Waals surface area contributed by atoms with Crippen molar-refractivity contribution in [2.45, 2.75) is 6.54 Å². The van der Waals surface area contributed by atoms with E-state index in [1.165, 1.54) is 30.3 Å². The summed E-state index contributed by atoms with van der Waals surface area (Å²) in [5, 5.41) is 3.47. The smallest absolute Gasteiger partial charge is 0.193 e. The second-order valence-electron chi connectivity index (χ2n) is 5.54. The van der Waals surface area contributed by atoms with Gasteiger partial charge in [-0.2, -0.15) is 11.8 Å². The number of hydrogen-bond donors (Lipinski definition) is 1. The van der Waals surface area contributed by atoms with E-state index in [1.54, 1.807) is 0 Å². The molecule has 1 aromatic rings. The van der Waals surface area contributed by atoms with Gasteiger partial charge in [0.15, 0.2) is 5.96 Å². The average Bonchev–Trinajstić information content (AvgIpc) is 2.82. The zero-order valence-corrected chi connectivity index (χ0v) is 18.8. The summed E-state index contributed by atoms with van der Waals surface area (Å²) in [4.78, 5) is 9.07. The maximum Gasteiger partial charge on any atom is 0.193 e. The molecule has 0 aliphatic carbocycles. The van der Waals surface area contributed by atoms with Crippen LogP contribution in [-0.4, -0.2) is 72.1 Å². The van der Waals surface area contributed by atoms with Gasteiger partial charge in [0.25, 0.3) is 0 Å². The Kier molecular flexibility index (Phi) is 9.95. The first kappa shape index (κ1) is 21.1. The molecule has 1 saturated heterocycles. The maximum atomic E-state index is 4.39.